The smallest absolute Gasteiger partial charge is 0.226 e. The number of ether oxygens (including phenoxy) is 1. The minimum Gasteiger partial charge on any atom is -0.384 e. The zero-order valence-corrected chi connectivity index (χ0v) is 16.5. The molecule has 28 heavy (non-hydrogen) atoms. The number of pyridine rings is 1. The average Bonchev–Trinajstić information content (AvgIpc) is 2.68. The summed E-state index contributed by atoms with van der Waals surface area (Å²) in [6, 6.07) is 12.1. The van der Waals surface area contributed by atoms with Gasteiger partial charge in [-0.3, -0.25) is 0 Å². The molecule has 4 rings (SSSR count). The van der Waals surface area contributed by atoms with Gasteiger partial charge in [-0.1, -0.05) is 29.8 Å². The van der Waals surface area contributed by atoms with Gasteiger partial charge in [-0.15, -0.1) is 0 Å². The van der Waals surface area contributed by atoms with E-state index in [4.69, 9.17) is 15.5 Å². The van der Waals surface area contributed by atoms with Crippen molar-refractivity contribution >= 4 is 11.8 Å². The SMILES string of the molecule is Cc1ccc(-c2nc(N3C[C@@H](C)O[C@@H](C)C3)ncc2-c2ccc(N)nc2)cc1. The predicted octanol–water partition coefficient (Wildman–Crippen LogP) is 3.71. The van der Waals surface area contributed by atoms with Crippen LogP contribution in [0.3, 0.4) is 0 Å². The van der Waals surface area contributed by atoms with Gasteiger partial charge in [0.25, 0.3) is 0 Å². The van der Waals surface area contributed by atoms with Gasteiger partial charge in [0.1, 0.15) is 5.82 Å². The van der Waals surface area contributed by atoms with Crippen molar-refractivity contribution in [3.8, 4) is 22.4 Å². The number of nitrogen functional groups attached to an aromatic ring is 1. The van der Waals surface area contributed by atoms with Crippen LogP contribution >= 0.6 is 0 Å². The van der Waals surface area contributed by atoms with Crippen LogP contribution in [0.25, 0.3) is 22.4 Å². The van der Waals surface area contributed by atoms with E-state index in [-0.39, 0.29) is 12.2 Å². The zero-order valence-electron chi connectivity index (χ0n) is 16.5. The molecule has 6 nitrogen and oxygen atoms in total. The Morgan fingerprint density at radius 3 is 2.25 bits per heavy atom. The summed E-state index contributed by atoms with van der Waals surface area (Å²) in [4.78, 5) is 16.1. The number of nitrogens with two attached hydrogens (primary N) is 1. The molecule has 0 aliphatic carbocycles. The number of aryl methyl sites for hydroxylation is 1. The molecule has 0 bridgehead atoms. The number of nitrogens with zero attached hydrogens (tertiary/aromatic N) is 4. The molecular weight excluding hydrogens is 350 g/mol. The summed E-state index contributed by atoms with van der Waals surface area (Å²) in [7, 11) is 0. The maximum Gasteiger partial charge on any atom is 0.226 e. The second-order valence-corrected chi connectivity index (χ2v) is 7.43. The van der Waals surface area contributed by atoms with Crippen LogP contribution in [0.5, 0.6) is 0 Å². The van der Waals surface area contributed by atoms with Crippen molar-refractivity contribution in [1.29, 1.82) is 0 Å². The molecule has 0 unspecified atom stereocenters. The number of benzene rings is 1. The Balaban J connectivity index is 1.80. The maximum absolute atomic E-state index is 5.85. The number of rotatable bonds is 3. The van der Waals surface area contributed by atoms with Crippen LogP contribution in [0.1, 0.15) is 19.4 Å². The lowest BCUT2D eigenvalue weighted by Gasteiger charge is -2.35. The minimum absolute atomic E-state index is 0.149. The van der Waals surface area contributed by atoms with E-state index in [0.29, 0.717) is 5.82 Å². The Labute approximate surface area is 165 Å². The summed E-state index contributed by atoms with van der Waals surface area (Å²) in [6.07, 6.45) is 3.95. The van der Waals surface area contributed by atoms with Crippen LogP contribution < -0.4 is 10.6 Å². The third-order valence-corrected chi connectivity index (χ3v) is 4.90. The Morgan fingerprint density at radius 1 is 0.929 bits per heavy atom. The molecule has 0 radical (unpaired) electrons. The first kappa shape index (κ1) is 18.4. The van der Waals surface area contributed by atoms with Crippen LogP contribution in [0.15, 0.2) is 48.8 Å². The van der Waals surface area contributed by atoms with Crippen molar-refractivity contribution in [2.75, 3.05) is 23.7 Å². The lowest BCUT2D eigenvalue weighted by atomic mass is 10.0. The monoisotopic (exact) mass is 375 g/mol. The molecule has 6 heteroatoms. The molecule has 144 valence electrons. The molecule has 0 saturated carbocycles. The molecule has 0 spiro atoms. The molecular formula is C22H25N5O. The number of hydrogen-bond donors (Lipinski definition) is 1. The third kappa shape index (κ3) is 3.82. The van der Waals surface area contributed by atoms with Crippen LogP contribution in [-0.4, -0.2) is 40.2 Å². The van der Waals surface area contributed by atoms with Gasteiger partial charge in [0.15, 0.2) is 0 Å². The van der Waals surface area contributed by atoms with Gasteiger partial charge in [0.05, 0.1) is 17.9 Å². The topological polar surface area (TPSA) is 77.2 Å². The maximum atomic E-state index is 5.85. The Morgan fingerprint density at radius 2 is 1.61 bits per heavy atom. The fourth-order valence-corrected chi connectivity index (χ4v) is 3.57. The second kappa shape index (κ2) is 7.56. The highest BCUT2D eigenvalue weighted by molar-refractivity contribution is 5.80. The molecule has 1 aliphatic heterocycles. The molecule has 2 atom stereocenters. The molecule has 0 amide bonds. The van der Waals surface area contributed by atoms with E-state index in [1.165, 1.54) is 5.56 Å². The van der Waals surface area contributed by atoms with Gasteiger partial charge in [-0.25, -0.2) is 15.0 Å². The van der Waals surface area contributed by atoms with Crippen LogP contribution in [-0.2, 0) is 4.74 Å². The van der Waals surface area contributed by atoms with E-state index in [2.05, 4.69) is 59.9 Å². The fraction of sp³-hybridized carbons (Fsp3) is 0.318. The summed E-state index contributed by atoms with van der Waals surface area (Å²) < 4.78 is 5.85. The van der Waals surface area contributed by atoms with E-state index in [0.717, 1.165) is 41.4 Å². The van der Waals surface area contributed by atoms with Crippen molar-refractivity contribution < 1.29 is 4.74 Å². The molecule has 1 aromatic carbocycles. The molecule has 3 aromatic rings. The second-order valence-electron chi connectivity index (χ2n) is 7.43. The van der Waals surface area contributed by atoms with Crippen molar-refractivity contribution in [3.63, 3.8) is 0 Å². The number of morpholine rings is 1. The van der Waals surface area contributed by atoms with Gasteiger partial charge in [-0.05, 0) is 32.9 Å². The van der Waals surface area contributed by atoms with Crippen molar-refractivity contribution in [2.45, 2.75) is 33.0 Å². The van der Waals surface area contributed by atoms with Crippen molar-refractivity contribution in [3.05, 3.63) is 54.4 Å². The van der Waals surface area contributed by atoms with E-state index in [1.54, 1.807) is 12.3 Å². The highest BCUT2D eigenvalue weighted by Gasteiger charge is 2.25. The largest absolute Gasteiger partial charge is 0.384 e. The van der Waals surface area contributed by atoms with Crippen LogP contribution in [0.2, 0.25) is 0 Å². The quantitative estimate of drug-likeness (QED) is 0.752. The normalized spacial score (nSPS) is 19.6. The number of aromatic nitrogens is 3. The average molecular weight is 375 g/mol. The summed E-state index contributed by atoms with van der Waals surface area (Å²) in [6.45, 7) is 7.80. The number of hydrogen-bond acceptors (Lipinski definition) is 6. The molecule has 2 aromatic heterocycles. The summed E-state index contributed by atoms with van der Waals surface area (Å²) in [5, 5.41) is 0. The first-order valence-corrected chi connectivity index (χ1v) is 9.56. The van der Waals surface area contributed by atoms with Crippen molar-refractivity contribution in [1.82, 2.24) is 15.0 Å². The molecule has 1 aliphatic rings. The summed E-state index contributed by atoms with van der Waals surface area (Å²) in [5.41, 5.74) is 10.8. The highest BCUT2D eigenvalue weighted by Crippen LogP contribution is 2.32. The van der Waals surface area contributed by atoms with E-state index in [1.807, 2.05) is 12.3 Å². The first-order valence-electron chi connectivity index (χ1n) is 9.56. The third-order valence-electron chi connectivity index (χ3n) is 4.90. The Bertz CT molecular complexity index is 946. The standard InChI is InChI=1S/C22H25N5O/c1-14-4-6-17(7-5-14)21-19(18-8-9-20(23)24-10-18)11-25-22(26-21)27-12-15(2)28-16(3)13-27/h4-11,15-16H,12-13H2,1-3H3,(H2,23,24)/t15-,16+. The van der Waals surface area contributed by atoms with E-state index in [9.17, 15) is 0 Å². The highest BCUT2D eigenvalue weighted by atomic mass is 16.5. The Hall–Kier alpha value is -2.99. The van der Waals surface area contributed by atoms with Crippen LogP contribution in [0, 0.1) is 6.92 Å². The zero-order chi connectivity index (χ0) is 19.7. The van der Waals surface area contributed by atoms with E-state index < -0.39 is 0 Å². The van der Waals surface area contributed by atoms with Crippen molar-refractivity contribution in [2.24, 2.45) is 0 Å². The molecule has 1 fully saturated rings. The lowest BCUT2D eigenvalue weighted by molar-refractivity contribution is -0.00571. The van der Waals surface area contributed by atoms with Gasteiger partial charge in [0.2, 0.25) is 5.95 Å². The van der Waals surface area contributed by atoms with Crippen LogP contribution in [0.4, 0.5) is 11.8 Å². The molecule has 1 saturated heterocycles. The molecule has 2 N–H and O–H groups in total. The van der Waals surface area contributed by atoms with Gasteiger partial charge in [-0.2, -0.15) is 0 Å². The lowest BCUT2D eigenvalue weighted by Crippen LogP contribution is -2.46. The first-order chi connectivity index (χ1) is 13.5. The fourth-order valence-electron chi connectivity index (χ4n) is 3.57. The molecule has 3 heterocycles. The number of anilines is 2. The van der Waals surface area contributed by atoms with Gasteiger partial charge >= 0.3 is 0 Å². The predicted molar refractivity (Wildman–Crippen MR) is 112 cm³/mol. The van der Waals surface area contributed by atoms with Gasteiger partial charge < -0.3 is 15.4 Å². The summed E-state index contributed by atoms with van der Waals surface area (Å²) >= 11 is 0. The van der Waals surface area contributed by atoms with Gasteiger partial charge in [0, 0.05) is 42.2 Å². The van der Waals surface area contributed by atoms with E-state index >= 15 is 0 Å². The minimum atomic E-state index is 0.149. The Kier molecular flexibility index (Phi) is 4.96. The summed E-state index contributed by atoms with van der Waals surface area (Å²) in [5.74, 6) is 1.22.